The predicted molar refractivity (Wildman–Crippen MR) is 152 cm³/mol. The van der Waals surface area contributed by atoms with Gasteiger partial charge in [0.15, 0.2) is 5.82 Å². The van der Waals surface area contributed by atoms with Gasteiger partial charge in [0.1, 0.15) is 0 Å². The van der Waals surface area contributed by atoms with Crippen LogP contribution in [0.4, 0.5) is 17.6 Å². The molecule has 0 bridgehead atoms. The Morgan fingerprint density at radius 3 is 2.45 bits per heavy atom. The molecule has 13 heteroatoms. The van der Waals surface area contributed by atoms with Crippen molar-refractivity contribution in [1.82, 2.24) is 5.32 Å². The summed E-state index contributed by atoms with van der Waals surface area (Å²) < 4.78 is 62.4. The first kappa shape index (κ1) is 30.3. The molecule has 0 saturated carbocycles. The number of alkyl halides is 3. The maximum absolute atomic E-state index is 14.3. The Morgan fingerprint density at radius 2 is 1.81 bits per heavy atom. The van der Waals surface area contributed by atoms with E-state index in [1.54, 1.807) is 13.0 Å². The standard InChI is InChI=1S/C29H25BCl2F4N2O4/c1-15-10-17(24-14-28(42-38-24,29(34,35)36)18-12-22(31)25(33)23(32)13-18)5-6-19(15)26(39)37-9-8-16-4-7-20-21(11-16)30(40)41-27(20,2)3/h4-7,10-13,40H,8-9,14H2,1-3H3,(H,37,39). The summed E-state index contributed by atoms with van der Waals surface area (Å²) in [5.41, 5.74) is -0.267. The third-order valence-corrected chi connectivity index (χ3v) is 8.13. The van der Waals surface area contributed by atoms with E-state index in [9.17, 15) is 27.4 Å². The number of hydrogen-bond acceptors (Lipinski definition) is 5. The lowest BCUT2D eigenvalue weighted by Gasteiger charge is -2.29. The van der Waals surface area contributed by atoms with Gasteiger partial charge >= 0.3 is 13.3 Å². The molecule has 0 spiro atoms. The van der Waals surface area contributed by atoms with Crippen molar-refractivity contribution < 1.29 is 36.9 Å². The molecule has 1 unspecified atom stereocenters. The second-order valence-corrected chi connectivity index (χ2v) is 11.6. The van der Waals surface area contributed by atoms with E-state index in [-0.39, 0.29) is 11.6 Å². The first-order valence-electron chi connectivity index (χ1n) is 13.0. The molecule has 0 radical (unpaired) electrons. The molecule has 2 aliphatic heterocycles. The van der Waals surface area contributed by atoms with Gasteiger partial charge in [-0.15, -0.1) is 0 Å². The molecule has 2 aliphatic rings. The topological polar surface area (TPSA) is 80.2 Å². The fraction of sp³-hybridized carbons (Fsp3) is 0.310. The van der Waals surface area contributed by atoms with Crippen LogP contribution in [0.2, 0.25) is 10.0 Å². The highest BCUT2D eigenvalue weighted by Crippen LogP contribution is 2.50. The first-order chi connectivity index (χ1) is 19.6. The SMILES string of the molecule is Cc1cc(C2=NOC(c3cc(Cl)c(F)c(Cl)c3)(C(F)(F)F)C2)ccc1C(=O)NCCc1ccc2c(c1)B(O)OC2(C)C. The number of amides is 1. The third-order valence-electron chi connectivity index (χ3n) is 7.58. The second kappa shape index (κ2) is 10.9. The van der Waals surface area contributed by atoms with Gasteiger partial charge in [-0.25, -0.2) is 4.39 Å². The largest absolute Gasteiger partial charge is 0.492 e. The molecule has 0 fully saturated rings. The van der Waals surface area contributed by atoms with Gasteiger partial charge in [0.2, 0.25) is 0 Å². The lowest BCUT2D eigenvalue weighted by atomic mass is 9.77. The average Bonchev–Trinajstić information content (AvgIpc) is 3.46. The molecule has 2 heterocycles. The second-order valence-electron chi connectivity index (χ2n) is 10.8. The molecule has 220 valence electrons. The van der Waals surface area contributed by atoms with Crippen LogP contribution in [0.25, 0.3) is 0 Å². The van der Waals surface area contributed by atoms with Crippen LogP contribution in [-0.2, 0) is 27.1 Å². The molecule has 6 nitrogen and oxygen atoms in total. The minimum absolute atomic E-state index is 0.00935. The molecule has 0 saturated heterocycles. The zero-order valence-corrected chi connectivity index (χ0v) is 24.2. The molecule has 1 amide bonds. The van der Waals surface area contributed by atoms with E-state index >= 15 is 0 Å². The number of carbonyl (C=O) groups excluding carboxylic acids is 1. The van der Waals surface area contributed by atoms with Crippen molar-refractivity contribution in [2.24, 2.45) is 5.16 Å². The molecular weight excluding hydrogens is 598 g/mol. The third kappa shape index (κ3) is 5.39. The molecule has 2 N–H and O–H groups in total. The lowest BCUT2D eigenvalue weighted by molar-refractivity contribution is -0.275. The number of nitrogens with one attached hydrogen (secondary N) is 1. The summed E-state index contributed by atoms with van der Waals surface area (Å²) in [5, 5.41) is 15.6. The Bertz CT molecular complexity index is 1590. The van der Waals surface area contributed by atoms with E-state index in [0.717, 1.165) is 23.3 Å². The number of hydrogen-bond donors (Lipinski definition) is 2. The van der Waals surface area contributed by atoms with E-state index in [4.69, 9.17) is 32.7 Å². The van der Waals surface area contributed by atoms with E-state index < -0.39 is 52.3 Å². The van der Waals surface area contributed by atoms with Crippen LogP contribution < -0.4 is 10.8 Å². The highest BCUT2D eigenvalue weighted by molar-refractivity contribution is 6.62. The molecule has 5 rings (SSSR count). The maximum Gasteiger partial charge on any atom is 0.492 e. The number of carbonyl (C=O) groups is 1. The van der Waals surface area contributed by atoms with Crippen LogP contribution in [0.1, 0.15) is 58.4 Å². The fourth-order valence-electron chi connectivity index (χ4n) is 5.29. The molecule has 3 aromatic carbocycles. The van der Waals surface area contributed by atoms with Crippen LogP contribution in [0.15, 0.2) is 53.7 Å². The summed E-state index contributed by atoms with van der Waals surface area (Å²) in [6.45, 7) is 5.74. The fourth-order valence-corrected chi connectivity index (χ4v) is 5.77. The van der Waals surface area contributed by atoms with Gasteiger partial charge in [-0.2, -0.15) is 13.2 Å². The van der Waals surface area contributed by atoms with E-state index in [0.29, 0.717) is 35.1 Å². The van der Waals surface area contributed by atoms with Gasteiger partial charge in [-0.05, 0) is 79.2 Å². The van der Waals surface area contributed by atoms with Gasteiger partial charge in [-0.3, -0.25) is 4.79 Å². The van der Waals surface area contributed by atoms with Crippen LogP contribution >= 0.6 is 23.2 Å². The minimum atomic E-state index is -4.93. The van der Waals surface area contributed by atoms with Gasteiger partial charge in [0, 0.05) is 24.1 Å². The van der Waals surface area contributed by atoms with Crippen molar-refractivity contribution in [1.29, 1.82) is 0 Å². The van der Waals surface area contributed by atoms with E-state index in [1.165, 1.54) is 12.1 Å². The number of nitrogens with zero attached hydrogens (tertiary/aromatic N) is 1. The molecular formula is C29H25BCl2F4N2O4. The summed E-state index contributed by atoms with van der Waals surface area (Å²) in [4.78, 5) is 17.9. The smallest absolute Gasteiger partial charge is 0.423 e. The maximum atomic E-state index is 14.3. The zero-order chi connectivity index (χ0) is 30.6. The van der Waals surface area contributed by atoms with Crippen molar-refractivity contribution >= 4 is 47.4 Å². The molecule has 0 aromatic heterocycles. The number of fused-ring (bicyclic) bond motifs is 1. The summed E-state index contributed by atoms with van der Waals surface area (Å²) in [5.74, 6) is -1.39. The number of halogens is 6. The zero-order valence-electron chi connectivity index (χ0n) is 22.7. The van der Waals surface area contributed by atoms with Crippen molar-refractivity contribution in [2.75, 3.05) is 6.54 Å². The Balaban J connectivity index is 1.27. The Hall–Kier alpha value is -3.12. The van der Waals surface area contributed by atoms with Crippen molar-refractivity contribution in [2.45, 2.75) is 51.0 Å². The monoisotopic (exact) mass is 622 g/mol. The van der Waals surface area contributed by atoms with Gasteiger partial charge in [0.05, 0.1) is 21.4 Å². The Morgan fingerprint density at radius 1 is 1.12 bits per heavy atom. The van der Waals surface area contributed by atoms with Crippen LogP contribution in [0.3, 0.4) is 0 Å². The van der Waals surface area contributed by atoms with Crippen LogP contribution in [-0.4, -0.2) is 36.5 Å². The lowest BCUT2D eigenvalue weighted by Crippen LogP contribution is -2.42. The Labute approximate surface area is 249 Å². The molecule has 42 heavy (non-hydrogen) atoms. The Kier molecular flexibility index (Phi) is 7.85. The normalized spacial score (nSPS) is 19.4. The van der Waals surface area contributed by atoms with E-state index in [1.807, 2.05) is 32.0 Å². The van der Waals surface area contributed by atoms with E-state index in [2.05, 4.69) is 10.5 Å². The van der Waals surface area contributed by atoms with Crippen LogP contribution in [0.5, 0.6) is 0 Å². The molecule has 0 aliphatic carbocycles. The molecule has 3 aromatic rings. The van der Waals surface area contributed by atoms with Gasteiger partial charge in [0.25, 0.3) is 11.5 Å². The summed E-state index contributed by atoms with van der Waals surface area (Å²) in [7, 11) is -1.01. The highest BCUT2D eigenvalue weighted by Gasteiger charge is 2.62. The number of rotatable bonds is 6. The molecule has 1 atom stereocenters. The minimum Gasteiger partial charge on any atom is -0.423 e. The van der Waals surface area contributed by atoms with Crippen molar-refractivity contribution in [3.63, 3.8) is 0 Å². The highest BCUT2D eigenvalue weighted by atomic mass is 35.5. The van der Waals surface area contributed by atoms with Crippen molar-refractivity contribution in [3.8, 4) is 0 Å². The number of benzene rings is 3. The summed E-state index contributed by atoms with van der Waals surface area (Å²) in [6, 6.07) is 11.9. The van der Waals surface area contributed by atoms with Crippen LogP contribution in [0, 0.1) is 12.7 Å². The predicted octanol–water partition coefficient (Wildman–Crippen LogP) is 5.95. The quantitative estimate of drug-likeness (QED) is 0.202. The first-order valence-corrected chi connectivity index (χ1v) is 13.7. The van der Waals surface area contributed by atoms with Gasteiger partial charge in [-0.1, -0.05) is 52.6 Å². The number of aryl methyl sites for hydroxylation is 1. The van der Waals surface area contributed by atoms with Gasteiger partial charge < -0.3 is 19.8 Å². The average molecular weight is 623 g/mol. The summed E-state index contributed by atoms with van der Waals surface area (Å²) >= 11 is 11.5. The number of oxime groups is 1. The summed E-state index contributed by atoms with van der Waals surface area (Å²) in [6.07, 6.45) is -5.14. The van der Waals surface area contributed by atoms with Crippen molar-refractivity contribution in [3.05, 3.63) is 97.8 Å².